The van der Waals surface area contributed by atoms with E-state index < -0.39 is 22.6 Å². The van der Waals surface area contributed by atoms with E-state index in [0.717, 1.165) is 22.9 Å². The molecular formula is C29H32N2O5S. The molecule has 194 valence electrons. The van der Waals surface area contributed by atoms with Crippen LogP contribution in [0.5, 0.6) is 0 Å². The second-order valence-electron chi connectivity index (χ2n) is 9.82. The molecule has 3 aliphatic rings. The molecule has 37 heavy (non-hydrogen) atoms. The van der Waals surface area contributed by atoms with Gasteiger partial charge in [-0.2, -0.15) is 0 Å². The Labute approximate surface area is 221 Å². The van der Waals surface area contributed by atoms with Crippen molar-refractivity contribution < 1.29 is 24.2 Å². The molecule has 0 saturated carbocycles. The summed E-state index contributed by atoms with van der Waals surface area (Å²) < 4.78 is 4.78. The highest BCUT2D eigenvalue weighted by atomic mass is 32.2. The van der Waals surface area contributed by atoms with Gasteiger partial charge in [-0.1, -0.05) is 42.5 Å². The lowest BCUT2D eigenvalue weighted by Gasteiger charge is -2.37. The first-order chi connectivity index (χ1) is 18.0. The van der Waals surface area contributed by atoms with Crippen molar-refractivity contribution >= 4 is 46.0 Å². The maximum Gasteiger partial charge on any atom is 0.310 e. The number of β-amino-alcohol motifs (C(OH)–C–C–N with tert-alkyl or cyclic N) is 1. The zero-order valence-electron chi connectivity index (χ0n) is 20.8. The monoisotopic (exact) mass is 520 g/mol. The van der Waals surface area contributed by atoms with Crippen LogP contribution in [0.15, 0.2) is 67.8 Å². The third-order valence-electron chi connectivity index (χ3n) is 7.84. The number of likely N-dealkylation sites (tertiary alicyclic amines) is 1. The van der Waals surface area contributed by atoms with E-state index in [-0.39, 0.29) is 49.3 Å². The fraction of sp³-hybridized carbons (Fsp3) is 0.414. The summed E-state index contributed by atoms with van der Waals surface area (Å²) in [5.74, 6) is -2.08. The molecule has 0 aromatic heterocycles. The summed E-state index contributed by atoms with van der Waals surface area (Å²) in [5.41, 5.74) is 0.720. The van der Waals surface area contributed by atoms with Gasteiger partial charge in [0.15, 0.2) is 0 Å². The number of aliphatic hydroxyl groups excluding tert-OH is 1. The minimum absolute atomic E-state index is 0.0383. The predicted octanol–water partition coefficient (Wildman–Crippen LogP) is 3.56. The maximum atomic E-state index is 14.4. The number of hydrogen-bond donors (Lipinski definition) is 1. The van der Waals surface area contributed by atoms with Crippen LogP contribution in [-0.4, -0.2) is 70.1 Å². The number of esters is 1. The fourth-order valence-corrected chi connectivity index (χ4v) is 8.53. The number of carbonyl (C=O) groups is 3. The van der Waals surface area contributed by atoms with Gasteiger partial charge in [-0.25, -0.2) is 0 Å². The van der Waals surface area contributed by atoms with Gasteiger partial charge < -0.3 is 19.6 Å². The molecule has 2 amide bonds. The highest BCUT2D eigenvalue weighted by molar-refractivity contribution is 8.02. The van der Waals surface area contributed by atoms with E-state index >= 15 is 0 Å². The standard InChI is InChI=1S/C29H32N2O5S/c1-3-5-17-36-28(35)23-22-12-13-29(37-22)24(23)26(33)31(15-16-32)25(29)27(34)30(14-4-2)21-11-10-19-8-6-7-9-20(19)18-21/h3-4,6-11,18,22-25,32H,1-2,5,12-17H2/t22-,23+,24-,25?,29?/m0/s1. The van der Waals surface area contributed by atoms with Crippen molar-refractivity contribution in [1.82, 2.24) is 4.90 Å². The zero-order chi connectivity index (χ0) is 26.2. The number of aliphatic hydroxyl groups is 1. The summed E-state index contributed by atoms with van der Waals surface area (Å²) in [5, 5.41) is 11.8. The Balaban J connectivity index is 1.52. The van der Waals surface area contributed by atoms with Crippen LogP contribution in [0.2, 0.25) is 0 Å². The first-order valence-electron chi connectivity index (χ1n) is 12.7. The van der Waals surface area contributed by atoms with E-state index in [0.29, 0.717) is 12.8 Å². The number of carbonyl (C=O) groups excluding carboxylic acids is 3. The largest absolute Gasteiger partial charge is 0.465 e. The average Bonchev–Trinajstić information content (AvgIpc) is 3.54. The van der Waals surface area contributed by atoms with E-state index in [1.54, 1.807) is 28.8 Å². The quantitative estimate of drug-likeness (QED) is 0.293. The van der Waals surface area contributed by atoms with Gasteiger partial charge in [-0.05, 0) is 42.2 Å². The number of nitrogens with zero attached hydrogens (tertiary/aromatic N) is 2. The minimum Gasteiger partial charge on any atom is -0.465 e. The highest BCUT2D eigenvalue weighted by Gasteiger charge is 2.74. The fourth-order valence-electron chi connectivity index (χ4n) is 6.33. The van der Waals surface area contributed by atoms with Crippen LogP contribution >= 0.6 is 11.8 Å². The number of fused-ring (bicyclic) bond motifs is 2. The second-order valence-corrected chi connectivity index (χ2v) is 11.4. The lowest BCUT2D eigenvalue weighted by molar-refractivity contribution is -0.154. The molecule has 0 radical (unpaired) electrons. The third-order valence-corrected chi connectivity index (χ3v) is 9.79. The Kier molecular flexibility index (Phi) is 7.14. The minimum atomic E-state index is -0.787. The first-order valence-corrected chi connectivity index (χ1v) is 13.6. The molecule has 3 aliphatic heterocycles. The normalized spacial score (nSPS) is 27.8. The summed E-state index contributed by atoms with van der Waals surface area (Å²) in [4.78, 5) is 44.5. The van der Waals surface area contributed by atoms with Crippen LogP contribution in [0.25, 0.3) is 10.8 Å². The van der Waals surface area contributed by atoms with Gasteiger partial charge in [0.25, 0.3) is 5.91 Å². The molecule has 5 rings (SSSR count). The van der Waals surface area contributed by atoms with Crippen LogP contribution < -0.4 is 4.90 Å². The number of anilines is 1. The zero-order valence-corrected chi connectivity index (χ0v) is 21.6. The molecule has 2 unspecified atom stereocenters. The second kappa shape index (κ2) is 10.3. The number of rotatable bonds is 10. The molecule has 8 heteroatoms. The average molecular weight is 521 g/mol. The van der Waals surface area contributed by atoms with Crippen molar-refractivity contribution in [3.8, 4) is 0 Å². The Morgan fingerprint density at radius 1 is 1.19 bits per heavy atom. The van der Waals surface area contributed by atoms with Crippen LogP contribution in [0.3, 0.4) is 0 Å². The van der Waals surface area contributed by atoms with Crippen molar-refractivity contribution in [2.45, 2.75) is 35.3 Å². The molecule has 3 fully saturated rings. The van der Waals surface area contributed by atoms with E-state index in [1.807, 2.05) is 42.5 Å². The maximum absolute atomic E-state index is 14.4. The molecule has 3 saturated heterocycles. The van der Waals surface area contributed by atoms with Crippen molar-refractivity contribution in [3.05, 3.63) is 67.8 Å². The van der Waals surface area contributed by atoms with Crippen molar-refractivity contribution in [2.24, 2.45) is 11.8 Å². The van der Waals surface area contributed by atoms with E-state index in [2.05, 4.69) is 13.2 Å². The van der Waals surface area contributed by atoms with E-state index in [9.17, 15) is 19.5 Å². The van der Waals surface area contributed by atoms with Gasteiger partial charge >= 0.3 is 5.97 Å². The van der Waals surface area contributed by atoms with Crippen molar-refractivity contribution in [1.29, 1.82) is 0 Å². The summed E-state index contributed by atoms with van der Waals surface area (Å²) in [6.45, 7) is 7.80. The third kappa shape index (κ3) is 4.16. The van der Waals surface area contributed by atoms with Gasteiger partial charge in [0, 0.05) is 24.0 Å². The van der Waals surface area contributed by atoms with Gasteiger partial charge in [-0.15, -0.1) is 24.9 Å². The molecule has 3 heterocycles. The number of thioether (sulfide) groups is 1. The lowest BCUT2D eigenvalue weighted by atomic mass is 9.71. The topological polar surface area (TPSA) is 87.2 Å². The van der Waals surface area contributed by atoms with Gasteiger partial charge in [-0.3, -0.25) is 14.4 Å². The van der Waals surface area contributed by atoms with Crippen LogP contribution in [0, 0.1) is 11.8 Å². The molecule has 2 aromatic rings. The predicted molar refractivity (Wildman–Crippen MR) is 145 cm³/mol. The smallest absolute Gasteiger partial charge is 0.310 e. The number of ether oxygens (including phenoxy) is 1. The number of amides is 2. The van der Waals surface area contributed by atoms with Gasteiger partial charge in [0.1, 0.15) is 6.04 Å². The SMILES string of the molecule is C=CCCOC(=O)[C@@H]1[C@@H]2CCC3(S2)C(C(=O)N(CC=C)c2ccc4ccccc4c2)N(CCO)C(=O)[C@H]13. The Morgan fingerprint density at radius 3 is 2.70 bits per heavy atom. The summed E-state index contributed by atoms with van der Waals surface area (Å²) in [6.07, 6.45) is 5.30. The summed E-state index contributed by atoms with van der Waals surface area (Å²) in [6, 6.07) is 13.0. The summed E-state index contributed by atoms with van der Waals surface area (Å²) >= 11 is 1.59. The van der Waals surface area contributed by atoms with Crippen LogP contribution in [-0.2, 0) is 19.1 Å². The van der Waals surface area contributed by atoms with Crippen LogP contribution in [0.4, 0.5) is 5.69 Å². The molecule has 2 bridgehead atoms. The molecule has 2 aromatic carbocycles. The van der Waals surface area contributed by atoms with E-state index in [4.69, 9.17) is 4.74 Å². The Hall–Kier alpha value is -3.10. The Bertz CT molecular complexity index is 1250. The van der Waals surface area contributed by atoms with Gasteiger partial charge in [0.2, 0.25) is 5.91 Å². The Morgan fingerprint density at radius 2 is 1.97 bits per heavy atom. The summed E-state index contributed by atoms with van der Waals surface area (Å²) in [7, 11) is 0. The molecule has 1 N–H and O–H groups in total. The molecular weight excluding hydrogens is 488 g/mol. The van der Waals surface area contributed by atoms with Gasteiger partial charge in [0.05, 0.1) is 29.8 Å². The molecule has 0 aliphatic carbocycles. The number of benzene rings is 2. The van der Waals surface area contributed by atoms with E-state index in [1.165, 1.54) is 4.90 Å². The lowest BCUT2D eigenvalue weighted by Crippen LogP contribution is -2.55. The first kappa shape index (κ1) is 25.5. The van der Waals surface area contributed by atoms with Crippen molar-refractivity contribution in [3.63, 3.8) is 0 Å². The molecule has 1 spiro atoms. The van der Waals surface area contributed by atoms with Crippen LogP contribution in [0.1, 0.15) is 19.3 Å². The molecule has 7 nitrogen and oxygen atoms in total. The van der Waals surface area contributed by atoms with Crippen molar-refractivity contribution in [2.75, 3.05) is 31.2 Å². The highest BCUT2D eigenvalue weighted by Crippen LogP contribution is 2.66. The number of hydrogen-bond acceptors (Lipinski definition) is 6. The molecule has 5 atom stereocenters.